The third-order valence-corrected chi connectivity index (χ3v) is 3.49. The van der Waals surface area contributed by atoms with Gasteiger partial charge in [0.2, 0.25) is 0 Å². The standard InChI is InChI=1S/C14H30N2/c1-5-6-12-7-13(12)16-10-11(9-15)8-14(2,3)4/h11-13,16H,5-10,15H2,1-4H3. The minimum absolute atomic E-state index is 0.401. The molecule has 3 atom stereocenters. The highest BCUT2D eigenvalue weighted by Gasteiger charge is 2.35. The highest BCUT2D eigenvalue weighted by Crippen LogP contribution is 2.34. The highest BCUT2D eigenvalue weighted by molar-refractivity contribution is 4.93. The lowest BCUT2D eigenvalue weighted by molar-refractivity contribution is 0.288. The molecule has 2 heteroatoms. The molecule has 0 radical (unpaired) electrons. The molecule has 1 aliphatic rings. The van der Waals surface area contributed by atoms with Gasteiger partial charge in [-0.25, -0.2) is 0 Å². The minimum Gasteiger partial charge on any atom is -0.330 e. The molecule has 1 aliphatic carbocycles. The molecule has 3 unspecified atom stereocenters. The maximum absolute atomic E-state index is 5.84. The van der Waals surface area contributed by atoms with Gasteiger partial charge in [0, 0.05) is 6.04 Å². The third kappa shape index (κ3) is 5.31. The van der Waals surface area contributed by atoms with E-state index in [-0.39, 0.29) is 0 Å². The summed E-state index contributed by atoms with van der Waals surface area (Å²) in [6, 6.07) is 0.800. The van der Waals surface area contributed by atoms with E-state index in [0.717, 1.165) is 25.0 Å². The molecule has 0 aliphatic heterocycles. The molecule has 0 aromatic carbocycles. The third-order valence-electron chi connectivity index (χ3n) is 3.49. The van der Waals surface area contributed by atoms with Gasteiger partial charge in [0.25, 0.3) is 0 Å². The zero-order chi connectivity index (χ0) is 12.2. The average Bonchev–Trinajstić information content (AvgIpc) is 2.90. The van der Waals surface area contributed by atoms with E-state index in [1.807, 2.05) is 0 Å². The molecule has 1 saturated carbocycles. The van der Waals surface area contributed by atoms with Crippen LogP contribution in [0.4, 0.5) is 0 Å². The normalized spacial score (nSPS) is 26.8. The molecule has 3 N–H and O–H groups in total. The molecular formula is C14H30N2. The summed E-state index contributed by atoms with van der Waals surface area (Å²) in [7, 11) is 0. The summed E-state index contributed by atoms with van der Waals surface area (Å²) in [5.74, 6) is 1.60. The van der Waals surface area contributed by atoms with Gasteiger partial charge in [0.05, 0.1) is 0 Å². The van der Waals surface area contributed by atoms with E-state index in [0.29, 0.717) is 11.3 Å². The van der Waals surface area contributed by atoms with Crippen LogP contribution in [0.15, 0.2) is 0 Å². The van der Waals surface area contributed by atoms with Crippen molar-refractivity contribution in [3.8, 4) is 0 Å². The van der Waals surface area contributed by atoms with E-state index in [1.165, 1.54) is 25.7 Å². The van der Waals surface area contributed by atoms with Crippen LogP contribution in [0.25, 0.3) is 0 Å². The molecule has 16 heavy (non-hydrogen) atoms. The smallest absolute Gasteiger partial charge is 0.00992 e. The van der Waals surface area contributed by atoms with E-state index in [4.69, 9.17) is 5.73 Å². The van der Waals surface area contributed by atoms with E-state index < -0.39 is 0 Å². The van der Waals surface area contributed by atoms with Gasteiger partial charge in [0.1, 0.15) is 0 Å². The van der Waals surface area contributed by atoms with Gasteiger partial charge in [-0.1, -0.05) is 34.1 Å². The Kier molecular flexibility index (Phi) is 5.26. The van der Waals surface area contributed by atoms with Crippen LogP contribution in [0.2, 0.25) is 0 Å². The lowest BCUT2D eigenvalue weighted by atomic mass is 9.84. The van der Waals surface area contributed by atoms with Gasteiger partial charge in [-0.15, -0.1) is 0 Å². The largest absolute Gasteiger partial charge is 0.330 e. The van der Waals surface area contributed by atoms with Gasteiger partial charge in [-0.3, -0.25) is 0 Å². The van der Waals surface area contributed by atoms with E-state index in [9.17, 15) is 0 Å². The number of hydrogen-bond acceptors (Lipinski definition) is 2. The van der Waals surface area contributed by atoms with Crippen LogP contribution in [-0.2, 0) is 0 Å². The first-order chi connectivity index (χ1) is 7.46. The molecule has 0 heterocycles. The fourth-order valence-corrected chi connectivity index (χ4v) is 2.61. The van der Waals surface area contributed by atoms with Gasteiger partial charge < -0.3 is 11.1 Å². The lowest BCUT2D eigenvalue weighted by Gasteiger charge is -2.25. The fraction of sp³-hybridized carbons (Fsp3) is 1.00. The number of hydrogen-bond donors (Lipinski definition) is 2. The predicted molar refractivity (Wildman–Crippen MR) is 71.4 cm³/mol. The van der Waals surface area contributed by atoms with Crippen molar-refractivity contribution in [1.82, 2.24) is 5.32 Å². The average molecular weight is 226 g/mol. The van der Waals surface area contributed by atoms with Crippen LogP contribution < -0.4 is 11.1 Å². The van der Waals surface area contributed by atoms with Crippen LogP contribution in [0.5, 0.6) is 0 Å². The first kappa shape index (κ1) is 14.0. The van der Waals surface area contributed by atoms with Gasteiger partial charge >= 0.3 is 0 Å². The summed E-state index contributed by atoms with van der Waals surface area (Å²) in [6.45, 7) is 11.1. The Morgan fingerprint density at radius 3 is 2.56 bits per heavy atom. The van der Waals surface area contributed by atoms with Crippen LogP contribution in [-0.4, -0.2) is 19.1 Å². The summed E-state index contributed by atoms with van der Waals surface area (Å²) in [6.07, 6.45) is 5.33. The quantitative estimate of drug-likeness (QED) is 0.700. The van der Waals surface area contributed by atoms with Crippen molar-refractivity contribution in [1.29, 1.82) is 0 Å². The molecule has 0 bridgehead atoms. The Labute approximate surface area is 101 Å². The summed E-state index contributed by atoms with van der Waals surface area (Å²) < 4.78 is 0. The van der Waals surface area contributed by atoms with E-state index in [2.05, 4.69) is 33.0 Å². The van der Waals surface area contributed by atoms with Gasteiger partial charge in [0.15, 0.2) is 0 Å². The molecular weight excluding hydrogens is 196 g/mol. The SMILES string of the molecule is CCCC1CC1NCC(CN)CC(C)(C)C. The molecule has 96 valence electrons. The van der Waals surface area contributed by atoms with Crippen LogP contribution in [0, 0.1) is 17.3 Å². The molecule has 1 rings (SSSR count). The lowest BCUT2D eigenvalue weighted by Crippen LogP contribution is -2.32. The zero-order valence-electron chi connectivity index (χ0n) is 11.6. The van der Waals surface area contributed by atoms with Gasteiger partial charge in [-0.2, -0.15) is 0 Å². The molecule has 0 amide bonds. The second kappa shape index (κ2) is 6.02. The molecule has 2 nitrogen and oxygen atoms in total. The van der Waals surface area contributed by atoms with Crippen LogP contribution >= 0.6 is 0 Å². The predicted octanol–water partition coefficient (Wildman–Crippen LogP) is 2.78. The summed E-state index contributed by atoms with van der Waals surface area (Å²) >= 11 is 0. The maximum atomic E-state index is 5.84. The van der Waals surface area contributed by atoms with Crippen molar-refractivity contribution in [2.24, 2.45) is 23.0 Å². The van der Waals surface area contributed by atoms with Crippen molar-refractivity contribution in [2.45, 2.75) is 59.4 Å². The monoisotopic (exact) mass is 226 g/mol. The van der Waals surface area contributed by atoms with Crippen LogP contribution in [0.1, 0.15) is 53.4 Å². The molecule has 0 aromatic rings. The summed E-state index contributed by atoms with van der Waals surface area (Å²) in [5, 5.41) is 3.69. The molecule has 1 fully saturated rings. The number of nitrogens with two attached hydrogens (primary N) is 1. The first-order valence-electron chi connectivity index (χ1n) is 6.89. The number of nitrogens with one attached hydrogen (secondary N) is 1. The van der Waals surface area contributed by atoms with Crippen molar-refractivity contribution in [3.63, 3.8) is 0 Å². The van der Waals surface area contributed by atoms with Crippen molar-refractivity contribution in [2.75, 3.05) is 13.1 Å². The van der Waals surface area contributed by atoms with Crippen molar-refractivity contribution >= 4 is 0 Å². The summed E-state index contributed by atoms with van der Waals surface area (Å²) in [4.78, 5) is 0. The second-order valence-electron chi connectivity index (χ2n) is 6.67. The number of rotatable bonds is 7. The zero-order valence-corrected chi connectivity index (χ0v) is 11.6. The Balaban J connectivity index is 2.15. The van der Waals surface area contributed by atoms with Crippen molar-refractivity contribution < 1.29 is 0 Å². The Bertz CT molecular complexity index is 195. The molecule has 0 aromatic heterocycles. The van der Waals surface area contributed by atoms with Gasteiger partial charge in [-0.05, 0) is 49.6 Å². The molecule has 0 spiro atoms. The van der Waals surface area contributed by atoms with Crippen LogP contribution in [0.3, 0.4) is 0 Å². The topological polar surface area (TPSA) is 38.0 Å². The fourth-order valence-electron chi connectivity index (χ4n) is 2.61. The van der Waals surface area contributed by atoms with E-state index >= 15 is 0 Å². The second-order valence-corrected chi connectivity index (χ2v) is 6.67. The summed E-state index contributed by atoms with van der Waals surface area (Å²) in [5.41, 5.74) is 6.24. The molecule has 0 saturated heterocycles. The Morgan fingerprint density at radius 2 is 2.06 bits per heavy atom. The maximum Gasteiger partial charge on any atom is 0.00992 e. The Hall–Kier alpha value is -0.0800. The van der Waals surface area contributed by atoms with E-state index in [1.54, 1.807) is 0 Å². The first-order valence-corrected chi connectivity index (χ1v) is 6.89. The Morgan fingerprint density at radius 1 is 1.38 bits per heavy atom. The highest BCUT2D eigenvalue weighted by atomic mass is 15.0. The van der Waals surface area contributed by atoms with Crippen molar-refractivity contribution in [3.05, 3.63) is 0 Å². The minimum atomic E-state index is 0.401.